The van der Waals surface area contributed by atoms with Crippen LogP contribution in [0, 0.1) is 11.7 Å². The summed E-state index contributed by atoms with van der Waals surface area (Å²) in [5.74, 6) is -0.691. The Morgan fingerprint density at radius 1 is 1.29 bits per heavy atom. The van der Waals surface area contributed by atoms with Crippen LogP contribution in [0.5, 0.6) is 0 Å². The van der Waals surface area contributed by atoms with E-state index in [1.165, 1.54) is 23.1 Å². The number of rotatable bonds is 4. The summed E-state index contributed by atoms with van der Waals surface area (Å²) in [5.41, 5.74) is 1.55. The predicted molar refractivity (Wildman–Crippen MR) is 128 cm³/mol. The van der Waals surface area contributed by atoms with Crippen molar-refractivity contribution >= 4 is 44.9 Å². The fourth-order valence-electron chi connectivity index (χ4n) is 3.70. The molecule has 3 heterocycles. The number of carbonyl (C=O) groups is 1. The van der Waals surface area contributed by atoms with E-state index in [2.05, 4.69) is 51.4 Å². The Hall–Kier alpha value is -1.91. The van der Waals surface area contributed by atoms with E-state index in [0.717, 1.165) is 10.4 Å². The van der Waals surface area contributed by atoms with Gasteiger partial charge in [-0.05, 0) is 42.8 Å². The number of benzene rings is 1. The van der Waals surface area contributed by atoms with E-state index >= 15 is 0 Å². The highest BCUT2D eigenvalue weighted by atomic mass is 35.5. The van der Waals surface area contributed by atoms with E-state index in [1.54, 1.807) is 16.0 Å². The lowest BCUT2D eigenvalue weighted by Crippen LogP contribution is -2.56. The number of hydrogen-bond acceptors (Lipinski definition) is 5. The average Bonchev–Trinajstić information content (AvgIpc) is 3.35. The Bertz CT molecular complexity index is 1110. The fraction of sp³-hybridized carbons (Fsp3) is 0.333. The third-order valence-electron chi connectivity index (χ3n) is 5.29. The third kappa shape index (κ3) is 4.80. The van der Waals surface area contributed by atoms with E-state index in [0.29, 0.717) is 5.69 Å². The number of nitrogens with zero attached hydrogens (tertiary/aromatic N) is 2. The Kier molecular flexibility index (Phi) is 6.15. The van der Waals surface area contributed by atoms with Gasteiger partial charge >= 0.3 is 0 Å². The van der Waals surface area contributed by atoms with E-state index in [9.17, 15) is 9.18 Å². The number of aromatic nitrogens is 2. The highest BCUT2D eigenvalue weighted by molar-refractivity contribution is 8.29. The molecule has 2 aromatic heterocycles. The number of aryl methyl sites for hydroxylation is 1. The molecule has 6 nitrogen and oxygen atoms in total. The molecule has 1 aliphatic rings. The summed E-state index contributed by atoms with van der Waals surface area (Å²) in [4.78, 5) is 15.5. The van der Waals surface area contributed by atoms with Gasteiger partial charge in [-0.2, -0.15) is 5.10 Å². The van der Waals surface area contributed by atoms with E-state index in [4.69, 9.17) is 11.6 Å². The normalized spacial score (nSPS) is 24.0. The Morgan fingerprint density at radius 2 is 2.06 bits per heavy atom. The van der Waals surface area contributed by atoms with E-state index in [-0.39, 0.29) is 22.9 Å². The summed E-state index contributed by atoms with van der Waals surface area (Å²) in [5, 5.41) is 7.12. The first kappa shape index (κ1) is 22.3. The first-order valence-electron chi connectivity index (χ1n) is 9.75. The molecule has 0 radical (unpaired) electrons. The van der Waals surface area contributed by atoms with Gasteiger partial charge < -0.3 is 5.32 Å². The van der Waals surface area contributed by atoms with Gasteiger partial charge in [-0.3, -0.25) is 18.9 Å². The smallest absolute Gasteiger partial charge is 0.242 e. The molecule has 0 bridgehead atoms. The molecular weight excluding hydrogens is 457 g/mol. The fourth-order valence-corrected chi connectivity index (χ4v) is 7.11. The molecule has 3 unspecified atom stereocenters. The molecule has 4 rings (SSSR count). The number of hydrogen-bond donors (Lipinski definition) is 3. The minimum Gasteiger partial charge on any atom is -0.325 e. The SMILES string of the molecule is CC1C(C(=O)Nc2ccc(F)c(Cl)c2)NS(C)(C)NC1c1ccc(-c2cnn(C)c2)s1. The van der Waals surface area contributed by atoms with Crippen LogP contribution in [-0.2, 0) is 11.8 Å². The van der Waals surface area contributed by atoms with Crippen molar-refractivity contribution in [1.82, 2.24) is 19.2 Å². The zero-order chi connectivity index (χ0) is 22.3. The van der Waals surface area contributed by atoms with Crippen molar-refractivity contribution < 1.29 is 9.18 Å². The molecule has 3 atom stereocenters. The van der Waals surface area contributed by atoms with Gasteiger partial charge in [0.05, 0.1) is 17.3 Å². The maximum Gasteiger partial charge on any atom is 0.242 e. The molecule has 10 heteroatoms. The molecule has 0 spiro atoms. The van der Waals surface area contributed by atoms with Crippen LogP contribution in [0.3, 0.4) is 0 Å². The maximum atomic E-state index is 13.5. The lowest BCUT2D eigenvalue weighted by Gasteiger charge is -2.49. The topological polar surface area (TPSA) is 71.0 Å². The minimum atomic E-state index is -1.42. The maximum absolute atomic E-state index is 13.5. The largest absolute Gasteiger partial charge is 0.325 e. The van der Waals surface area contributed by atoms with Crippen LogP contribution in [0.1, 0.15) is 17.8 Å². The average molecular weight is 482 g/mol. The molecule has 1 saturated heterocycles. The van der Waals surface area contributed by atoms with Crippen LogP contribution in [-0.4, -0.2) is 34.2 Å². The van der Waals surface area contributed by atoms with Gasteiger partial charge in [-0.25, -0.2) is 4.39 Å². The van der Waals surface area contributed by atoms with Gasteiger partial charge in [0.15, 0.2) is 0 Å². The van der Waals surface area contributed by atoms with Crippen LogP contribution < -0.4 is 14.8 Å². The van der Waals surface area contributed by atoms with E-state index < -0.39 is 22.3 Å². The van der Waals surface area contributed by atoms with Crippen molar-refractivity contribution in [3.05, 3.63) is 58.4 Å². The Morgan fingerprint density at radius 3 is 2.74 bits per heavy atom. The number of amides is 1. The minimum absolute atomic E-state index is 0.0168. The van der Waals surface area contributed by atoms with Crippen LogP contribution in [0.15, 0.2) is 42.7 Å². The quantitative estimate of drug-likeness (QED) is 0.504. The summed E-state index contributed by atoms with van der Waals surface area (Å²) >= 11 is 7.57. The molecule has 3 N–H and O–H groups in total. The van der Waals surface area contributed by atoms with Gasteiger partial charge in [0.2, 0.25) is 5.91 Å². The Labute approximate surface area is 191 Å². The van der Waals surface area contributed by atoms with Crippen molar-refractivity contribution in [1.29, 1.82) is 0 Å². The lowest BCUT2D eigenvalue weighted by molar-refractivity contribution is -0.119. The summed E-state index contributed by atoms with van der Waals surface area (Å²) in [7, 11) is 0.478. The monoisotopic (exact) mass is 481 g/mol. The van der Waals surface area contributed by atoms with Crippen molar-refractivity contribution in [3.8, 4) is 10.4 Å². The van der Waals surface area contributed by atoms with Crippen LogP contribution in [0.25, 0.3) is 10.4 Å². The number of nitrogens with one attached hydrogen (secondary N) is 3. The highest BCUT2D eigenvalue weighted by Crippen LogP contribution is 2.46. The van der Waals surface area contributed by atoms with Gasteiger partial charge in [0.1, 0.15) is 11.9 Å². The third-order valence-corrected chi connectivity index (χ3v) is 8.48. The number of carbonyl (C=O) groups excluding carboxylic acids is 1. The van der Waals surface area contributed by atoms with Gasteiger partial charge in [-0.1, -0.05) is 18.5 Å². The second-order valence-corrected chi connectivity index (χ2v) is 12.7. The molecule has 3 aromatic rings. The van der Waals surface area contributed by atoms with Crippen molar-refractivity contribution in [3.63, 3.8) is 0 Å². The highest BCUT2D eigenvalue weighted by Gasteiger charge is 2.41. The zero-order valence-electron chi connectivity index (χ0n) is 17.6. The molecule has 1 aromatic carbocycles. The summed E-state index contributed by atoms with van der Waals surface area (Å²) < 4.78 is 22.4. The van der Waals surface area contributed by atoms with Crippen LogP contribution >= 0.6 is 33.3 Å². The standard InChI is InChI=1S/C21H25ClFN5OS2/c1-12-19(18-8-7-17(30-18)13-10-24-28(2)11-13)26-31(3,4)27-20(12)21(29)25-14-5-6-16(23)15(22)9-14/h5-12,19-20,26-27H,1-4H3,(H,25,29). The van der Waals surface area contributed by atoms with Crippen LogP contribution in [0.2, 0.25) is 5.02 Å². The first-order valence-corrected chi connectivity index (χ1v) is 13.4. The van der Waals surface area contributed by atoms with Crippen molar-refractivity contribution in [2.45, 2.75) is 19.0 Å². The zero-order valence-corrected chi connectivity index (χ0v) is 20.0. The van der Waals surface area contributed by atoms with Gasteiger partial charge in [0.25, 0.3) is 0 Å². The first-order chi connectivity index (χ1) is 14.6. The second-order valence-electron chi connectivity index (χ2n) is 8.10. The summed E-state index contributed by atoms with van der Waals surface area (Å²) in [6.07, 6.45) is 8.04. The summed E-state index contributed by atoms with van der Waals surface area (Å²) in [6.45, 7) is 2.06. The molecule has 31 heavy (non-hydrogen) atoms. The van der Waals surface area contributed by atoms with Crippen molar-refractivity contribution in [2.24, 2.45) is 13.0 Å². The van der Waals surface area contributed by atoms with Crippen LogP contribution in [0.4, 0.5) is 10.1 Å². The molecule has 0 aliphatic carbocycles. The molecule has 0 saturated carbocycles. The number of anilines is 1. The van der Waals surface area contributed by atoms with E-state index in [1.807, 2.05) is 19.4 Å². The molecular formula is C21H25ClFN5OS2. The lowest BCUT2D eigenvalue weighted by atomic mass is 9.92. The molecule has 1 amide bonds. The van der Waals surface area contributed by atoms with Gasteiger partial charge in [-0.15, -0.1) is 21.7 Å². The Balaban J connectivity index is 1.56. The molecule has 1 aliphatic heterocycles. The van der Waals surface area contributed by atoms with Crippen molar-refractivity contribution in [2.75, 3.05) is 17.8 Å². The second kappa shape index (κ2) is 8.55. The summed E-state index contributed by atoms with van der Waals surface area (Å²) in [6, 6.07) is 8.02. The number of thiophene rings is 1. The van der Waals surface area contributed by atoms with Gasteiger partial charge in [0, 0.05) is 40.2 Å². The molecule has 166 valence electrons. The number of halogens is 2. The predicted octanol–water partition coefficient (Wildman–Crippen LogP) is 4.71. The molecule has 1 fully saturated rings.